The van der Waals surface area contributed by atoms with E-state index in [4.69, 9.17) is 0 Å². The Morgan fingerprint density at radius 3 is 2.53 bits per heavy atom. The van der Waals surface area contributed by atoms with Crippen LogP contribution in [0.3, 0.4) is 0 Å². The molecule has 2 aromatic rings. The van der Waals surface area contributed by atoms with E-state index in [0.29, 0.717) is 10.3 Å². The molecule has 0 saturated carbocycles. The summed E-state index contributed by atoms with van der Waals surface area (Å²) in [7, 11) is 0. The van der Waals surface area contributed by atoms with Crippen molar-refractivity contribution in [2.24, 2.45) is 0 Å². The second-order valence-electron chi connectivity index (χ2n) is 3.85. The second-order valence-corrected chi connectivity index (χ2v) is 5.56. The molecule has 1 heterocycles. The summed E-state index contributed by atoms with van der Waals surface area (Å²) in [6, 6.07) is 7.66. The first kappa shape index (κ1) is 14.1. The average molecular weight is 388 g/mol. The normalized spacial score (nSPS) is 10.3. The molecule has 0 fully saturated rings. The number of halogens is 3. The largest absolute Gasteiger partial charge is 0.307 e. The number of anilines is 1. The molecular formula is C13H9Br2FN2O. The van der Waals surface area contributed by atoms with Crippen LogP contribution in [0.25, 0.3) is 0 Å². The van der Waals surface area contributed by atoms with Crippen LogP contribution in [0.4, 0.5) is 10.2 Å². The van der Waals surface area contributed by atoms with Crippen molar-refractivity contribution in [3.63, 3.8) is 0 Å². The summed E-state index contributed by atoms with van der Waals surface area (Å²) < 4.78 is 14.5. The van der Waals surface area contributed by atoms with Gasteiger partial charge in [0, 0.05) is 10.0 Å². The topological polar surface area (TPSA) is 42.0 Å². The van der Waals surface area contributed by atoms with Crippen LogP contribution in [0.15, 0.2) is 39.3 Å². The molecule has 19 heavy (non-hydrogen) atoms. The lowest BCUT2D eigenvalue weighted by molar-refractivity contribution is 0.102. The van der Waals surface area contributed by atoms with Gasteiger partial charge in [-0.2, -0.15) is 0 Å². The number of nitrogens with zero attached hydrogens (tertiary/aromatic N) is 1. The summed E-state index contributed by atoms with van der Waals surface area (Å²) >= 11 is 6.37. The first-order valence-corrected chi connectivity index (χ1v) is 6.95. The van der Waals surface area contributed by atoms with E-state index in [0.717, 1.165) is 10.2 Å². The summed E-state index contributed by atoms with van der Waals surface area (Å²) in [5, 5.41) is 2.62. The van der Waals surface area contributed by atoms with Crippen molar-refractivity contribution < 1.29 is 9.18 Å². The molecule has 0 aliphatic heterocycles. The van der Waals surface area contributed by atoms with Gasteiger partial charge < -0.3 is 5.32 Å². The minimum Gasteiger partial charge on any atom is -0.307 e. The first-order valence-electron chi connectivity index (χ1n) is 5.37. The number of rotatable bonds is 2. The molecule has 0 unspecified atom stereocenters. The minimum absolute atomic E-state index is 0.239. The number of carbonyl (C=O) groups excluding carboxylic acids is 1. The number of amides is 1. The predicted octanol–water partition coefficient (Wildman–Crippen LogP) is 4.31. The van der Waals surface area contributed by atoms with E-state index >= 15 is 0 Å². The van der Waals surface area contributed by atoms with Crippen LogP contribution >= 0.6 is 31.9 Å². The number of hydrogen-bond acceptors (Lipinski definition) is 2. The highest BCUT2D eigenvalue weighted by Crippen LogP contribution is 2.19. The molecule has 2 rings (SSSR count). The molecule has 0 spiro atoms. The first-order chi connectivity index (χ1) is 8.97. The SMILES string of the molecule is Cc1nc(NC(=O)c2ccc(Br)c(F)c2)ccc1Br. The fourth-order valence-corrected chi connectivity index (χ4v) is 1.91. The van der Waals surface area contributed by atoms with Crippen LogP contribution in [-0.2, 0) is 0 Å². The third kappa shape index (κ3) is 3.39. The van der Waals surface area contributed by atoms with Gasteiger partial charge in [-0.1, -0.05) is 0 Å². The molecular weight excluding hydrogens is 379 g/mol. The standard InChI is InChI=1S/C13H9Br2FN2O/c1-7-9(14)4-5-12(17-7)18-13(19)8-2-3-10(15)11(16)6-8/h2-6H,1H3,(H,17,18,19). The Morgan fingerprint density at radius 2 is 1.89 bits per heavy atom. The zero-order chi connectivity index (χ0) is 14.0. The number of nitrogens with one attached hydrogen (secondary N) is 1. The molecule has 0 bridgehead atoms. The number of aryl methyl sites for hydroxylation is 1. The highest BCUT2D eigenvalue weighted by Gasteiger charge is 2.10. The lowest BCUT2D eigenvalue weighted by atomic mass is 10.2. The van der Waals surface area contributed by atoms with Crippen LogP contribution in [0, 0.1) is 12.7 Å². The molecule has 0 aliphatic rings. The Labute approximate surface area is 126 Å². The number of benzene rings is 1. The number of hydrogen-bond donors (Lipinski definition) is 1. The monoisotopic (exact) mass is 386 g/mol. The van der Waals surface area contributed by atoms with E-state index in [9.17, 15) is 9.18 Å². The lowest BCUT2D eigenvalue weighted by Gasteiger charge is -2.06. The molecule has 0 atom stereocenters. The molecule has 1 amide bonds. The number of pyridine rings is 1. The second kappa shape index (κ2) is 5.79. The third-order valence-electron chi connectivity index (χ3n) is 2.44. The zero-order valence-electron chi connectivity index (χ0n) is 9.88. The summed E-state index contributed by atoms with van der Waals surface area (Å²) in [6.07, 6.45) is 0. The Kier molecular flexibility index (Phi) is 4.31. The van der Waals surface area contributed by atoms with E-state index in [-0.39, 0.29) is 5.56 Å². The van der Waals surface area contributed by atoms with Gasteiger partial charge in [0.2, 0.25) is 0 Å². The molecule has 6 heteroatoms. The van der Waals surface area contributed by atoms with Gasteiger partial charge in [0.15, 0.2) is 0 Å². The fourth-order valence-electron chi connectivity index (χ4n) is 1.44. The van der Waals surface area contributed by atoms with Crippen molar-refractivity contribution >= 4 is 43.6 Å². The van der Waals surface area contributed by atoms with Gasteiger partial charge in [0.1, 0.15) is 11.6 Å². The van der Waals surface area contributed by atoms with Gasteiger partial charge in [-0.25, -0.2) is 9.37 Å². The van der Waals surface area contributed by atoms with Gasteiger partial charge in [-0.3, -0.25) is 4.79 Å². The van der Waals surface area contributed by atoms with Crippen molar-refractivity contribution in [1.29, 1.82) is 0 Å². The third-order valence-corrected chi connectivity index (χ3v) is 3.93. The Balaban J connectivity index is 2.20. The van der Waals surface area contributed by atoms with E-state index in [1.807, 2.05) is 6.92 Å². The quantitative estimate of drug-likeness (QED) is 0.834. The Bertz CT molecular complexity index is 647. The fraction of sp³-hybridized carbons (Fsp3) is 0.0769. The maximum atomic E-state index is 13.3. The highest BCUT2D eigenvalue weighted by atomic mass is 79.9. The maximum absolute atomic E-state index is 13.3. The van der Waals surface area contributed by atoms with Crippen molar-refractivity contribution in [3.05, 3.63) is 56.4 Å². The zero-order valence-corrected chi connectivity index (χ0v) is 13.0. The molecule has 1 aromatic carbocycles. The van der Waals surface area contributed by atoms with Crippen LogP contribution in [0.5, 0.6) is 0 Å². The van der Waals surface area contributed by atoms with Gasteiger partial charge in [0.25, 0.3) is 5.91 Å². The average Bonchev–Trinajstić information content (AvgIpc) is 2.37. The van der Waals surface area contributed by atoms with Crippen LogP contribution in [0.1, 0.15) is 16.1 Å². The molecule has 0 radical (unpaired) electrons. The predicted molar refractivity (Wildman–Crippen MR) is 78.7 cm³/mol. The van der Waals surface area contributed by atoms with Gasteiger partial charge in [-0.05, 0) is 69.1 Å². The summed E-state index contributed by atoms with van der Waals surface area (Å²) in [5.41, 5.74) is 1.00. The van der Waals surface area contributed by atoms with Gasteiger partial charge in [0.05, 0.1) is 10.2 Å². The molecule has 1 aromatic heterocycles. The maximum Gasteiger partial charge on any atom is 0.256 e. The van der Waals surface area contributed by atoms with Crippen LogP contribution in [-0.4, -0.2) is 10.9 Å². The van der Waals surface area contributed by atoms with Crippen molar-refractivity contribution in [3.8, 4) is 0 Å². The van der Waals surface area contributed by atoms with E-state index in [2.05, 4.69) is 42.2 Å². The summed E-state index contributed by atoms with van der Waals surface area (Å²) in [6.45, 7) is 1.82. The lowest BCUT2D eigenvalue weighted by Crippen LogP contribution is -2.13. The Morgan fingerprint density at radius 1 is 1.21 bits per heavy atom. The Hall–Kier alpha value is -1.27. The highest BCUT2D eigenvalue weighted by molar-refractivity contribution is 9.10. The molecule has 3 nitrogen and oxygen atoms in total. The molecule has 1 N–H and O–H groups in total. The number of carbonyl (C=O) groups is 1. The van der Waals surface area contributed by atoms with E-state index in [1.165, 1.54) is 18.2 Å². The van der Waals surface area contributed by atoms with Crippen molar-refractivity contribution in [2.75, 3.05) is 5.32 Å². The molecule has 0 saturated heterocycles. The van der Waals surface area contributed by atoms with E-state index < -0.39 is 11.7 Å². The summed E-state index contributed by atoms with van der Waals surface area (Å²) in [4.78, 5) is 16.1. The van der Waals surface area contributed by atoms with Crippen molar-refractivity contribution in [1.82, 2.24) is 4.98 Å². The molecule has 0 aliphatic carbocycles. The van der Waals surface area contributed by atoms with Crippen molar-refractivity contribution in [2.45, 2.75) is 6.92 Å². The minimum atomic E-state index is -0.479. The van der Waals surface area contributed by atoms with Gasteiger partial charge in [-0.15, -0.1) is 0 Å². The smallest absolute Gasteiger partial charge is 0.256 e. The van der Waals surface area contributed by atoms with Gasteiger partial charge >= 0.3 is 0 Å². The summed E-state index contributed by atoms with van der Waals surface area (Å²) in [5.74, 6) is -0.456. The number of aromatic nitrogens is 1. The van der Waals surface area contributed by atoms with Crippen LogP contribution < -0.4 is 5.32 Å². The molecule has 98 valence electrons. The van der Waals surface area contributed by atoms with E-state index in [1.54, 1.807) is 12.1 Å². The van der Waals surface area contributed by atoms with Crippen LogP contribution in [0.2, 0.25) is 0 Å².